The molecule has 0 saturated heterocycles. The van der Waals surface area contributed by atoms with Crippen molar-refractivity contribution in [2.24, 2.45) is 0 Å². The Morgan fingerprint density at radius 1 is 1.12 bits per heavy atom. The number of fused-ring (bicyclic) bond motifs is 1. The molecule has 8 nitrogen and oxygen atoms in total. The largest absolute Gasteiger partial charge is 0.484 e. The monoisotopic (exact) mass is 378 g/mol. The number of rotatable bonds is 7. The molecule has 2 aromatic carbocycles. The zero-order chi connectivity index (χ0) is 18.6. The maximum absolute atomic E-state index is 12.0. The third-order valence-electron chi connectivity index (χ3n) is 3.50. The quantitative estimate of drug-likeness (QED) is 0.761. The first-order valence-electron chi connectivity index (χ1n) is 7.90. The van der Waals surface area contributed by atoms with Crippen molar-refractivity contribution in [2.45, 2.75) is 11.8 Å². The lowest BCUT2D eigenvalue weighted by atomic mass is 10.3. The van der Waals surface area contributed by atoms with Crippen LogP contribution in [0.2, 0.25) is 0 Å². The summed E-state index contributed by atoms with van der Waals surface area (Å²) in [6.45, 7) is 1.97. The van der Waals surface area contributed by atoms with E-state index in [4.69, 9.17) is 14.2 Å². The Morgan fingerprint density at radius 2 is 1.85 bits per heavy atom. The number of benzene rings is 2. The van der Waals surface area contributed by atoms with Crippen molar-refractivity contribution in [3.05, 3.63) is 42.5 Å². The van der Waals surface area contributed by atoms with Crippen LogP contribution in [0.5, 0.6) is 17.2 Å². The van der Waals surface area contributed by atoms with Crippen LogP contribution in [-0.4, -0.2) is 34.3 Å². The van der Waals surface area contributed by atoms with Crippen LogP contribution >= 0.6 is 0 Å². The van der Waals surface area contributed by atoms with Gasteiger partial charge in [0, 0.05) is 18.3 Å². The van der Waals surface area contributed by atoms with E-state index in [2.05, 4.69) is 10.0 Å². The Balaban J connectivity index is 1.55. The maximum atomic E-state index is 12.0. The summed E-state index contributed by atoms with van der Waals surface area (Å²) in [6, 6.07) is 10.9. The molecule has 0 fully saturated rings. The third kappa shape index (κ3) is 4.24. The molecular formula is C17H18N2O6S. The van der Waals surface area contributed by atoms with Crippen molar-refractivity contribution in [2.75, 3.05) is 25.3 Å². The Labute approximate surface area is 151 Å². The minimum Gasteiger partial charge on any atom is -0.484 e. The van der Waals surface area contributed by atoms with Crippen molar-refractivity contribution in [1.82, 2.24) is 4.72 Å². The van der Waals surface area contributed by atoms with Crippen LogP contribution in [0.1, 0.15) is 6.92 Å². The minimum absolute atomic E-state index is 0.133. The molecule has 26 heavy (non-hydrogen) atoms. The number of sulfonamides is 1. The molecule has 0 saturated carbocycles. The average Bonchev–Trinajstić information content (AvgIpc) is 3.08. The molecule has 0 aliphatic carbocycles. The molecule has 0 spiro atoms. The first-order valence-corrected chi connectivity index (χ1v) is 9.38. The lowest BCUT2D eigenvalue weighted by molar-refractivity contribution is -0.118. The first kappa shape index (κ1) is 18.0. The first-order chi connectivity index (χ1) is 12.5. The Bertz CT molecular complexity index is 896. The summed E-state index contributed by atoms with van der Waals surface area (Å²) in [5, 5.41) is 2.64. The van der Waals surface area contributed by atoms with E-state index in [1.807, 2.05) is 0 Å². The van der Waals surface area contributed by atoms with Gasteiger partial charge in [0.1, 0.15) is 5.75 Å². The second-order valence-corrected chi connectivity index (χ2v) is 7.14. The van der Waals surface area contributed by atoms with Crippen LogP contribution in [0, 0.1) is 0 Å². The summed E-state index contributed by atoms with van der Waals surface area (Å²) >= 11 is 0. The summed E-state index contributed by atoms with van der Waals surface area (Å²) < 4.78 is 42.0. The van der Waals surface area contributed by atoms with Gasteiger partial charge in [-0.2, -0.15) is 0 Å². The molecule has 1 aliphatic heterocycles. The topological polar surface area (TPSA) is 103 Å². The summed E-state index contributed by atoms with van der Waals surface area (Å²) in [5.41, 5.74) is 0.472. The van der Waals surface area contributed by atoms with Gasteiger partial charge in [-0.25, -0.2) is 13.1 Å². The molecule has 0 aromatic heterocycles. The van der Waals surface area contributed by atoms with E-state index in [-0.39, 0.29) is 24.2 Å². The lowest BCUT2D eigenvalue weighted by Gasteiger charge is -2.09. The van der Waals surface area contributed by atoms with Crippen molar-refractivity contribution in [3.63, 3.8) is 0 Å². The number of hydrogen-bond acceptors (Lipinski definition) is 6. The fraction of sp³-hybridized carbons (Fsp3) is 0.235. The Morgan fingerprint density at radius 3 is 2.58 bits per heavy atom. The fourth-order valence-electron chi connectivity index (χ4n) is 2.30. The van der Waals surface area contributed by atoms with E-state index in [9.17, 15) is 13.2 Å². The molecular weight excluding hydrogens is 360 g/mol. The summed E-state index contributed by atoms with van der Waals surface area (Å²) in [4.78, 5) is 12.1. The summed E-state index contributed by atoms with van der Waals surface area (Å²) in [5.74, 6) is 1.32. The van der Waals surface area contributed by atoms with E-state index in [0.717, 1.165) is 0 Å². The van der Waals surface area contributed by atoms with Crippen LogP contribution in [-0.2, 0) is 14.8 Å². The highest BCUT2D eigenvalue weighted by molar-refractivity contribution is 7.89. The second kappa shape index (κ2) is 7.63. The highest BCUT2D eigenvalue weighted by atomic mass is 32.2. The average molecular weight is 378 g/mol. The van der Waals surface area contributed by atoms with Gasteiger partial charge < -0.3 is 19.5 Å². The standard InChI is InChI=1S/C17H18N2O6S/c1-2-18-26(21,22)14-6-3-12(4-7-14)19-17(20)10-23-13-5-8-15-16(9-13)25-11-24-15/h3-9,18H,2,10-11H2,1H3,(H,19,20). The number of carbonyl (C=O) groups is 1. The van der Waals surface area contributed by atoms with Crippen LogP contribution in [0.3, 0.4) is 0 Å². The molecule has 0 bridgehead atoms. The van der Waals surface area contributed by atoms with Gasteiger partial charge in [0.05, 0.1) is 4.90 Å². The number of ether oxygens (including phenoxy) is 3. The lowest BCUT2D eigenvalue weighted by Crippen LogP contribution is -2.23. The van der Waals surface area contributed by atoms with Crippen LogP contribution in [0.15, 0.2) is 47.4 Å². The molecule has 3 rings (SSSR count). The highest BCUT2D eigenvalue weighted by Gasteiger charge is 2.15. The molecule has 1 amide bonds. The normalized spacial score (nSPS) is 12.7. The maximum Gasteiger partial charge on any atom is 0.262 e. The van der Waals surface area contributed by atoms with E-state index < -0.39 is 10.0 Å². The van der Waals surface area contributed by atoms with Crippen LogP contribution in [0.4, 0.5) is 5.69 Å². The molecule has 2 N–H and O–H groups in total. The number of hydrogen-bond donors (Lipinski definition) is 2. The number of nitrogens with one attached hydrogen (secondary N) is 2. The van der Waals surface area contributed by atoms with Crippen molar-refractivity contribution in [1.29, 1.82) is 0 Å². The number of carbonyl (C=O) groups excluding carboxylic acids is 1. The summed E-state index contributed by atoms with van der Waals surface area (Å²) in [7, 11) is -3.52. The van der Waals surface area contributed by atoms with Crippen LogP contribution in [0.25, 0.3) is 0 Å². The molecule has 0 atom stereocenters. The smallest absolute Gasteiger partial charge is 0.262 e. The molecule has 138 valence electrons. The molecule has 1 heterocycles. The van der Waals surface area contributed by atoms with E-state index in [0.29, 0.717) is 29.5 Å². The fourth-order valence-corrected chi connectivity index (χ4v) is 3.34. The molecule has 0 radical (unpaired) electrons. The van der Waals surface area contributed by atoms with Gasteiger partial charge in [0.2, 0.25) is 16.8 Å². The van der Waals surface area contributed by atoms with Gasteiger partial charge in [0.15, 0.2) is 18.1 Å². The van der Waals surface area contributed by atoms with E-state index in [1.165, 1.54) is 24.3 Å². The van der Waals surface area contributed by atoms with Crippen molar-refractivity contribution in [3.8, 4) is 17.2 Å². The van der Waals surface area contributed by atoms with Gasteiger partial charge in [-0.05, 0) is 36.4 Å². The zero-order valence-corrected chi connectivity index (χ0v) is 14.8. The molecule has 0 unspecified atom stereocenters. The predicted octanol–water partition coefficient (Wildman–Crippen LogP) is 1.73. The molecule has 2 aromatic rings. The van der Waals surface area contributed by atoms with Gasteiger partial charge in [-0.15, -0.1) is 0 Å². The van der Waals surface area contributed by atoms with Crippen molar-refractivity contribution < 1.29 is 27.4 Å². The van der Waals surface area contributed by atoms with Gasteiger partial charge in [-0.1, -0.05) is 6.92 Å². The van der Waals surface area contributed by atoms with Gasteiger partial charge in [-0.3, -0.25) is 4.79 Å². The van der Waals surface area contributed by atoms with Gasteiger partial charge >= 0.3 is 0 Å². The van der Waals surface area contributed by atoms with Crippen LogP contribution < -0.4 is 24.2 Å². The molecule has 1 aliphatic rings. The Hall–Kier alpha value is -2.78. The minimum atomic E-state index is -3.52. The van der Waals surface area contributed by atoms with Gasteiger partial charge in [0.25, 0.3) is 5.91 Å². The molecule has 9 heteroatoms. The number of anilines is 1. The highest BCUT2D eigenvalue weighted by Crippen LogP contribution is 2.35. The SMILES string of the molecule is CCNS(=O)(=O)c1ccc(NC(=O)COc2ccc3c(c2)OCO3)cc1. The summed E-state index contributed by atoms with van der Waals surface area (Å²) in [6.07, 6.45) is 0. The second-order valence-electron chi connectivity index (χ2n) is 5.38. The third-order valence-corrected chi connectivity index (χ3v) is 5.06. The Kier molecular flexibility index (Phi) is 5.29. The van der Waals surface area contributed by atoms with Crippen molar-refractivity contribution >= 4 is 21.6 Å². The van der Waals surface area contributed by atoms with E-state index in [1.54, 1.807) is 25.1 Å². The van der Waals surface area contributed by atoms with E-state index >= 15 is 0 Å². The number of amides is 1. The predicted molar refractivity (Wildman–Crippen MR) is 94.0 cm³/mol. The zero-order valence-electron chi connectivity index (χ0n) is 14.0.